The van der Waals surface area contributed by atoms with Crippen molar-refractivity contribution in [2.24, 2.45) is 5.73 Å². The number of nitrogen functional groups attached to an aromatic ring is 1. The molecule has 4 N–H and O–H groups in total. The number of benzene rings is 1. The summed E-state index contributed by atoms with van der Waals surface area (Å²) in [6.07, 6.45) is 0.234. The molecule has 1 aromatic rings. The summed E-state index contributed by atoms with van der Waals surface area (Å²) in [7, 11) is 0. The second kappa shape index (κ2) is 4.47. The Kier molecular flexibility index (Phi) is 3.28. The van der Waals surface area contributed by atoms with Gasteiger partial charge in [0.05, 0.1) is 6.42 Å². The van der Waals surface area contributed by atoms with Crippen LogP contribution >= 0.6 is 0 Å². The minimum atomic E-state index is -0.327. The summed E-state index contributed by atoms with van der Waals surface area (Å²) in [4.78, 5) is 11.0. The Labute approximate surface area is 76.5 Å². The van der Waals surface area contributed by atoms with E-state index in [1.54, 1.807) is 24.3 Å². The first-order chi connectivity index (χ1) is 6.22. The first-order valence-electron chi connectivity index (χ1n) is 3.92. The molecular weight excluding hydrogens is 168 g/mol. The highest BCUT2D eigenvalue weighted by atomic mass is 16.5. The van der Waals surface area contributed by atoms with Gasteiger partial charge in [-0.25, -0.2) is 0 Å². The molecule has 1 rings (SSSR count). The van der Waals surface area contributed by atoms with E-state index in [9.17, 15) is 4.79 Å². The highest BCUT2D eigenvalue weighted by Crippen LogP contribution is 2.06. The van der Waals surface area contributed by atoms with Crippen LogP contribution < -0.4 is 11.5 Å². The Morgan fingerprint density at radius 1 is 1.31 bits per heavy atom. The predicted octanol–water partition coefficient (Wildman–Crippen LogP) is 0.271. The highest BCUT2D eigenvalue weighted by Gasteiger charge is 2.02. The van der Waals surface area contributed by atoms with E-state index in [0.29, 0.717) is 5.69 Å². The Morgan fingerprint density at radius 2 is 1.92 bits per heavy atom. The third-order valence-electron chi connectivity index (χ3n) is 1.57. The summed E-state index contributed by atoms with van der Waals surface area (Å²) in [6.45, 7) is -0.0756. The van der Waals surface area contributed by atoms with Crippen LogP contribution in [0.1, 0.15) is 5.56 Å². The first kappa shape index (κ1) is 9.54. The SMILES string of the molecule is NCOC(=O)Cc1ccc(N)cc1. The molecule has 0 atom stereocenters. The average Bonchev–Trinajstić information content (AvgIpc) is 2.09. The lowest BCUT2D eigenvalue weighted by Gasteiger charge is -2.01. The van der Waals surface area contributed by atoms with Crippen molar-refractivity contribution in [2.75, 3.05) is 12.5 Å². The third kappa shape index (κ3) is 3.13. The highest BCUT2D eigenvalue weighted by molar-refractivity contribution is 5.72. The molecule has 0 saturated carbocycles. The van der Waals surface area contributed by atoms with Gasteiger partial charge in [0, 0.05) is 5.69 Å². The van der Waals surface area contributed by atoms with E-state index < -0.39 is 0 Å². The molecule has 0 spiro atoms. The van der Waals surface area contributed by atoms with Crippen molar-refractivity contribution < 1.29 is 9.53 Å². The number of carbonyl (C=O) groups is 1. The molecule has 0 aromatic heterocycles. The quantitative estimate of drug-likeness (QED) is 0.397. The number of esters is 1. The van der Waals surface area contributed by atoms with Gasteiger partial charge in [-0.05, 0) is 17.7 Å². The van der Waals surface area contributed by atoms with E-state index in [0.717, 1.165) is 5.56 Å². The summed E-state index contributed by atoms with van der Waals surface area (Å²) in [5, 5.41) is 0. The summed E-state index contributed by atoms with van der Waals surface area (Å²) in [5.74, 6) is -0.327. The molecule has 70 valence electrons. The van der Waals surface area contributed by atoms with Crippen LogP contribution in [0, 0.1) is 0 Å². The average molecular weight is 180 g/mol. The van der Waals surface area contributed by atoms with Crippen LogP contribution in [-0.4, -0.2) is 12.7 Å². The molecule has 0 amide bonds. The van der Waals surface area contributed by atoms with E-state index >= 15 is 0 Å². The van der Waals surface area contributed by atoms with Crippen LogP contribution in [0.3, 0.4) is 0 Å². The van der Waals surface area contributed by atoms with Gasteiger partial charge in [-0.2, -0.15) is 0 Å². The van der Waals surface area contributed by atoms with Gasteiger partial charge >= 0.3 is 5.97 Å². The number of carbonyl (C=O) groups excluding carboxylic acids is 1. The molecule has 1 aromatic carbocycles. The molecule has 4 heteroatoms. The number of rotatable bonds is 3. The Bertz CT molecular complexity index is 282. The molecule has 13 heavy (non-hydrogen) atoms. The monoisotopic (exact) mass is 180 g/mol. The molecule has 0 radical (unpaired) electrons. The summed E-state index contributed by atoms with van der Waals surface area (Å²) in [6, 6.07) is 7.05. The molecule has 0 bridgehead atoms. The van der Waals surface area contributed by atoms with Crippen LogP contribution in [0.4, 0.5) is 5.69 Å². The lowest BCUT2D eigenvalue weighted by Crippen LogP contribution is -2.13. The van der Waals surface area contributed by atoms with Crippen LogP contribution in [0.15, 0.2) is 24.3 Å². The second-order valence-electron chi connectivity index (χ2n) is 2.60. The number of hydrogen-bond acceptors (Lipinski definition) is 4. The fourth-order valence-electron chi connectivity index (χ4n) is 0.946. The zero-order chi connectivity index (χ0) is 9.68. The molecular formula is C9H12N2O2. The first-order valence-corrected chi connectivity index (χ1v) is 3.92. The summed E-state index contributed by atoms with van der Waals surface area (Å²) >= 11 is 0. The van der Waals surface area contributed by atoms with Crippen molar-refractivity contribution in [1.82, 2.24) is 0 Å². The van der Waals surface area contributed by atoms with Crippen LogP contribution in [0.25, 0.3) is 0 Å². The Hall–Kier alpha value is -1.55. The van der Waals surface area contributed by atoms with Crippen molar-refractivity contribution in [2.45, 2.75) is 6.42 Å². The maximum Gasteiger partial charge on any atom is 0.311 e. The van der Waals surface area contributed by atoms with Gasteiger partial charge in [0.15, 0.2) is 0 Å². The molecule has 0 aliphatic rings. The lowest BCUT2D eigenvalue weighted by molar-refractivity contribution is -0.142. The number of nitrogens with two attached hydrogens (primary N) is 2. The maximum atomic E-state index is 11.0. The molecule has 0 aliphatic heterocycles. The largest absolute Gasteiger partial charge is 0.450 e. The minimum absolute atomic E-state index is 0.0756. The zero-order valence-corrected chi connectivity index (χ0v) is 7.19. The Balaban J connectivity index is 2.54. The van der Waals surface area contributed by atoms with Gasteiger partial charge in [0.1, 0.15) is 6.73 Å². The van der Waals surface area contributed by atoms with E-state index in [1.807, 2.05) is 0 Å². The van der Waals surface area contributed by atoms with Crippen molar-refractivity contribution in [3.63, 3.8) is 0 Å². The number of anilines is 1. The van der Waals surface area contributed by atoms with Crippen molar-refractivity contribution in [1.29, 1.82) is 0 Å². The molecule has 0 unspecified atom stereocenters. The normalized spacial score (nSPS) is 9.62. The van der Waals surface area contributed by atoms with Crippen molar-refractivity contribution in [3.8, 4) is 0 Å². The van der Waals surface area contributed by atoms with Gasteiger partial charge in [-0.1, -0.05) is 12.1 Å². The van der Waals surface area contributed by atoms with Crippen molar-refractivity contribution in [3.05, 3.63) is 29.8 Å². The van der Waals surface area contributed by atoms with Gasteiger partial charge in [0.25, 0.3) is 0 Å². The molecule has 0 aliphatic carbocycles. The smallest absolute Gasteiger partial charge is 0.311 e. The fourth-order valence-corrected chi connectivity index (χ4v) is 0.946. The van der Waals surface area contributed by atoms with Crippen LogP contribution in [0.2, 0.25) is 0 Å². The second-order valence-corrected chi connectivity index (χ2v) is 2.60. The molecule has 0 saturated heterocycles. The van der Waals surface area contributed by atoms with E-state index in [-0.39, 0.29) is 19.1 Å². The standard InChI is InChI=1S/C9H12N2O2/c10-6-13-9(12)5-7-1-3-8(11)4-2-7/h1-4H,5-6,10-11H2. The Morgan fingerprint density at radius 3 is 2.46 bits per heavy atom. The predicted molar refractivity (Wildman–Crippen MR) is 49.7 cm³/mol. The van der Waals surface area contributed by atoms with E-state index in [4.69, 9.17) is 11.5 Å². The molecule has 4 nitrogen and oxygen atoms in total. The zero-order valence-electron chi connectivity index (χ0n) is 7.19. The van der Waals surface area contributed by atoms with E-state index in [2.05, 4.69) is 4.74 Å². The van der Waals surface area contributed by atoms with Gasteiger partial charge in [0.2, 0.25) is 0 Å². The third-order valence-corrected chi connectivity index (χ3v) is 1.57. The summed E-state index contributed by atoms with van der Waals surface area (Å²) < 4.78 is 4.58. The number of ether oxygens (including phenoxy) is 1. The van der Waals surface area contributed by atoms with Crippen LogP contribution in [0.5, 0.6) is 0 Å². The number of hydrogen-bond donors (Lipinski definition) is 2. The molecule has 0 fully saturated rings. The van der Waals surface area contributed by atoms with Crippen LogP contribution in [-0.2, 0) is 16.0 Å². The summed E-state index contributed by atoms with van der Waals surface area (Å²) in [5.41, 5.74) is 12.1. The lowest BCUT2D eigenvalue weighted by atomic mass is 10.1. The van der Waals surface area contributed by atoms with Gasteiger partial charge in [-0.15, -0.1) is 0 Å². The maximum absolute atomic E-state index is 11.0. The van der Waals surface area contributed by atoms with E-state index in [1.165, 1.54) is 0 Å². The van der Waals surface area contributed by atoms with Gasteiger partial charge in [-0.3, -0.25) is 10.5 Å². The van der Waals surface area contributed by atoms with Gasteiger partial charge < -0.3 is 10.5 Å². The minimum Gasteiger partial charge on any atom is -0.450 e. The fraction of sp³-hybridized carbons (Fsp3) is 0.222. The topological polar surface area (TPSA) is 78.3 Å². The van der Waals surface area contributed by atoms with Crippen molar-refractivity contribution >= 4 is 11.7 Å². The molecule has 0 heterocycles.